The van der Waals surface area contributed by atoms with Crippen LogP contribution >= 0.6 is 0 Å². The second kappa shape index (κ2) is 8.57. The fourth-order valence-corrected chi connectivity index (χ4v) is 4.15. The SMILES string of the molecule is O=C=NC1CCC(CC2(N=C=O)CCC(N=C=O)CC2)(N=C=O)CC1. The Balaban J connectivity index is 2.18. The first-order chi connectivity index (χ1) is 12.1. The molecule has 8 heteroatoms. The van der Waals surface area contributed by atoms with Crippen LogP contribution in [0.2, 0.25) is 0 Å². The van der Waals surface area contributed by atoms with Crippen LogP contribution in [0.4, 0.5) is 0 Å². The molecule has 0 bridgehead atoms. The Kier molecular flexibility index (Phi) is 6.46. The quantitative estimate of drug-likeness (QED) is 0.541. The van der Waals surface area contributed by atoms with E-state index in [1.54, 1.807) is 24.3 Å². The zero-order chi connectivity index (χ0) is 18.2. The molecule has 25 heavy (non-hydrogen) atoms. The smallest absolute Gasteiger partial charge is 0.211 e. The van der Waals surface area contributed by atoms with Crippen LogP contribution in [-0.4, -0.2) is 47.5 Å². The number of hydrogen-bond acceptors (Lipinski definition) is 8. The lowest BCUT2D eigenvalue weighted by atomic mass is 9.67. The summed E-state index contributed by atoms with van der Waals surface area (Å²) in [6.07, 6.45) is 11.7. The van der Waals surface area contributed by atoms with Crippen LogP contribution in [0.1, 0.15) is 57.8 Å². The zero-order valence-electron chi connectivity index (χ0n) is 13.9. The van der Waals surface area contributed by atoms with E-state index < -0.39 is 11.1 Å². The van der Waals surface area contributed by atoms with Crippen LogP contribution in [0.3, 0.4) is 0 Å². The van der Waals surface area contributed by atoms with E-state index in [0.717, 1.165) is 0 Å². The van der Waals surface area contributed by atoms with Gasteiger partial charge in [0.1, 0.15) is 0 Å². The molecule has 2 rings (SSSR count). The first-order valence-corrected chi connectivity index (χ1v) is 8.43. The number of hydrogen-bond donors (Lipinski definition) is 0. The van der Waals surface area contributed by atoms with Gasteiger partial charge in [-0.25, -0.2) is 29.2 Å². The van der Waals surface area contributed by atoms with Gasteiger partial charge in [0.15, 0.2) is 0 Å². The monoisotopic (exact) mass is 344 g/mol. The van der Waals surface area contributed by atoms with Crippen molar-refractivity contribution in [3.8, 4) is 0 Å². The van der Waals surface area contributed by atoms with Crippen LogP contribution in [0, 0.1) is 0 Å². The second-order valence-corrected chi connectivity index (χ2v) is 6.93. The van der Waals surface area contributed by atoms with Gasteiger partial charge in [-0.2, -0.15) is 9.98 Å². The van der Waals surface area contributed by atoms with E-state index in [2.05, 4.69) is 20.0 Å². The maximum absolute atomic E-state index is 11.0. The Hall–Kier alpha value is -2.48. The molecule has 0 saturated heterocycles. The van der Waals surface area contributed by atoms with Crippen molar-refractivity contribution in [3.63, 3.8) is 0 Å². The summed E-state index contributed by atoms with van der Waals surface area (Å²) in [7, 11) is 0. The van der Waals surface area contributed by atoms with E-state index in [9.17, 15) is 19.2 Å². The summed E-state index contributed by atoms with van der Waals surface area (Å²) < 4.78 is 0. The minimum atomic E-state index is -0.655. The van der Waals surface area contributed by atoms with Crippen LogP contribution in [0.25, 0.3) is 0 Å². The molecule has 2 fully saturated rings. The molecule has 8 nitrogen and oxygen atoms in total. The van der Waals surface area contributed by atoms with E-state index in [4.69, 9.17) is 0 Å². The molecule has 0 aliphatic heterocycles. The van der Waals surface area contributed by atoms with Gasteiger partial charge < -0.3 is 0 Å². The van der Waals surface area contributed by atoms with Gasteiger partial charge in [-0.1, -0.05) is 0 Å². The summed E-state index contributed by atoms with van der Waals surface area (Å²) in [5.41, 5.74) is -1.31. The maximum atomic E-state index is 11.0. The van der Waals surface area contributed by atoms with E-state index in [-0.39, 0.29) is 12.1 Å². The third-order valence-corrected chi connectivity index (χ3v) is 5.47. The van der Waals surface area contributed by atoms with Gasteiger partial charge >= 0.3 is 0 Å². The summed E-state index contributed by atoms with van der Waals surface area (Å²) in [6.45, 7) is 0. The highest BCUT2D eigenvalue weighted by Gasteiger charge is 2.45. The van der Waals surface area contributed by atoms with Gasteiger partial charge in [-0.3, -0.25) is 0 Å². The normalized spacial score (nSPS) is 34.4. The van der Waals surface area contributed by atoms with Gasteiger partial charge in [-0.05, 0) is 57.8 Å². The van der Waals surface area contributed by atoms with Crippen LogP contribution in [0.15, 0.2) is 20.0 Å². The van der Waals surface area contributed by atoms with Crippen LogP contribution < -0.4 is 0 Å². The Morgan fingerprint density at radius 2 is 1.00 bits per heavy atom. The molecular formula is C17H20N4O4. The Labute approximate surface area is 145 Å². The standard InChI is InChI=1S/C17H20N4O4/c22-10-18-14-1-5-16(6-2-14,20-12-24)9-17(21-13-25)7-3-15(4-8-17)19-11-23/h14-15H,1-9H2. The number of rotatable bonds is 6. The van der Waals surface area contributed by atoms with Crippen molar-refractivity contribution in [2.45, 2.75) is 80.9 Å². The maximum Gasteiger partial charge on any atom is 0.235 e. The predicted molar refractivity (Wildman–Crippen MR) is 87.1 cm³/mol. The van der Waals surface area contributed by atoms with E-state index in [0.29, 0.717) is 57.8 Å². The fourth-order valence-electron chi connectivity index (χ4n) is 4.15. The Morgan fingerprint density at radius 1 is 0.640 bits per heavy atom. The number of aliphatic imine (C=N–C) groups is 4. The van der Waals surface area contributed by atoms with E-state index >= 15 is 0 Å². The minimum absolute atomic E-state index is 0.101. The molecule has 2 aliphatic rings. The summed E-state index contributed by atoms with van der Waals surface area (Å²) in [5.74, 6) is 0. The van der Waals surface area contributed by atoms with Crippen molar-refractivity contribution < 1.29 is 19.2 Å². The molecule has 0 aromatic heterocycles. The van der Waals surface area contributed by atoms with Crippen LogP contribution in [0.5, 0.6) is 0 Å². The van der Waals surface area contributed by atoms with Crippen molar-refractivity contribution in [2.24, 2.45) is 20.0 Å². The van der Waals surface area contributed by atoms with Crippen LogP contribution in [-0.2, 0) is 19.2 Å². The lowest BCUT2D eigenvalue weighted by Crippen LogP contribution is -2.44. The van der Waals surface area contributed by atoms with E-state index in [1.165, 1.54) is 0 Å². The highest BCUT2D eigenvalue weighted by molar-refractivity contribution is 5.38. The Morgan fingerprint density at radius 3 is 1.28 bits per heavy atom. The summed E-state index contributed by atoms with van der Waals surface area (Å²) >= 11 is 0. The van der Waals surface area contributed by atoms with Crippen molar-refractivity contribution in [2.75, 3.05) is 0 Å². The molecule has 0 atom stereocenters. The molecule has 0 N–H and O–H groups in total. The molecule has 0 spiro atoms. The lowest BCUT2D eigenvalue weighted by Gasteiger charge is -2.43. The van der Waals surface area contributed by atoms with Gasteiger partial charge in [0.05, 0.1) is 23.2 Å². The molecule has 0 unspecified atom stereocenters. The van der Waals surface area contributed by atoms with Crippen molar-refractivity contribution >= 4 is 24.3 Å². The van der Waals surface area contributed by atoms with Crippen molar-refractivity contribution in [1.29, 1.82) is 0 Å². The number of carbonyl (C=O) groups excluding carboxylic acids is 4. The molecule has 0 amide bonds. The molecule has 132 valence electrons. The lowest BCUT2D eigenvalue weighted by molar-refractivity contribution is 0.168. The largest absolute Gasteiger partial charge is 0.235 e. The van der Waals surface area contributed by atoms with Crippen molar-refractivity contribution in [3.05, 3.63) is 0 Å². The summed E-state index contributed by atoms with van der Waals surface area (Å²) in [4.78, 5) is 58.5. The van der Waals surface area contributed by atoms with Gasteiger partial charge in [0.25, 0.3) is 0 Å². The number of isocyanates is 4. The second-order valence-electron chi connectivity index (χ2n) is 6.93. The summed E-state index contributed by atoms with van der Waals surface area (Å²) in [5, 5.41) is 0. The van der Waals surface area contributed by atoms with Gasteiger partial charge in [0, 0.05) is 0 Å². The molecule has 2 saturated carbocycles. The molecule has 0 heterocycles. The Bertz CT molecular complexity index is 607. The summed E-state index contributed by atoms with van der Waals surface area (Å²) in [6, 6.07) is -0.202. The predicted octanol–water partition coefficient (Wildman–Crippen LogP) is 2.08. The molecule has 0 radical (unpaired) electrons. The topological polar surface area (TPSA) is 118 Å². The molecule has 0 aromatic carbocycles. The van der Waals surface area contributed by atoms with Gasteiger partial charge in [-0.15, -0.1) is 0 Å². The highest BCUT2D eigenvalue weighted by atomic mass is 16.1. The molecular weight excluding hydrogens is 324 g/mol. The molecule has 2 aliphatic carbocycles. The fraction of sp³-hybridized carbons (Fsp3) is 0.765. The minimum Gasteiger partial charge on any atom is -0.211 e. The molecule has 0 aromatic rings. The van der Waals surface area contributed by atoms with Crippen molar-refractivity contribution in [1.82, 2.24) is 0 Å². The number of nitrogens with zero attached hydrogens (tertiary/aromatic N) is 4. The third-order valence-electron chi connectivity index (χ3n) is 5.47. The first kappa shape index (κ1) is 18.9. The average molecular weight is 344 g/mol. The average Bonchev–Trinajstić information content (AvgIpc) is 2.60. The highest BCUT2D eigenvalue weighted by Crippen LogP contribution is 2.45. The first-order valence-electron chi connectivity index (χ1n) is 8.43. The third kappa shape index (κ3) is 4.76. The van der Waals surface area contributed by atoms with Gasteiger partial charge in [0.2, 0.25) is 24.3 Å². The zero-order valence-corrected chi connectivity index (χ0v) is 13.9. The van der Waals surface area contributed by atoms with E-state index in [1.807, 2.05) is 0 Å².